The van der Waals surface area contributed by atoms with Crippen LogP contribution in [0.5, 0.6) is 0 Å². The zero-order valence-corrected chi connectivity index (χ0v) is 16.6. The number of pyridine rings is 1. The van der Waals surface area contributed by atoms with Gasteiger partial charge in [0.15, 0.2) is 0 Å². The van der Waals surface area contributed by atoms with Crippen LogP contribution in [-0.2, 0) is 16.1 Å². The summed E-state index contributed by atoms with van der Waals surface area (Å²) in [5.74, 6) is -0.815. The maximum atomic E-state index is 13.2. The first-order valence-corrected chi connectivity index (χ1v) is 9.81. The van der Waals surface area contributed by atoms with Gasteiger partial charge in [0, 0.05) is 38.5 Å². The molecule has 2 heterocycles. The van der Waals surface area contributed by atoms with Crippen LogP contribution >= 0.6 is 0 Å². The van der Waals surface area contributed by atoms with Gasteiger partial charge in [0.2, 0.25) is 5.91 Å². The van der Waals surface area contributed by atoms with E-state index in [-0.39, 0.29) is 23.5 Å². The van der Waals surface area contributed by atoms with Crippen LogP contribution in [0, 0.1) is 11.7 Å². The van der Waals surface area contributed by atoms with Crippen molar-refractivity contribution in [2.45, 2.75) is 19.4 Å². The fraction of sp³-hybridized carbons (Fsp3) is 0.409. The minimum atomic E-state index is -0.378. The van der Waals surface area contributed by atoms with Gasteiger partial charge in [-0.25, -0.2) is 4.39 Å². The number of piperidine rings is 1. The molecule has 1 saturated heterocycles. The number of hydrogen-bond donors (Lipinski definition) is 0. The molecule has 1 aliphatic heterocycles. The van der Waals surface area contributed by atoms with Crippen LogP contribution in [-0.4, -0.2) is 59.9 Å². The summed E-state index contributed by atoms with van der Waals surface area (Å²) < 4.78 is 18.3. The van der Waals surface area contributed by atoms with Crippen molar-refractivity contribution in [3.05, 3.63) is 65.7 Å². The van der Waals surface area contributed by atoms with Crippen molar-refractivity contribution in [3.8, 4) is 0 Å². The van der Waals surface area contributed by atoms with Crippen LogP contribution < -0.4 is 0 Å². The maximum Gasteiger partial charge on any atom is 0.253 e. The fourth-order valence-corrected chi connectivity index (χ4v) is 3.55. The number of hydrogen-bond acceptors (Lipinski definition) is 4. The average Bonchev–Trinajstić information content (AvgIpc) is 2.77. The van der Waals surface area contributed by atoms with Crippen molar-refractivity contribution in [3.63, 3.8) is 0 Å². The number of nitrogens with zero attached hydrogens (tertiary/aromatic N) is 3. The number of likely N-dealkylation sites (tertiary alicyclic amines) is 1. The summed E-state index contributed by atoms with van der Waals surface area (Å²) in [5, 5.41) is 0. The first-order valence-electron chi connectivity index (χ1n) is 9.81. The molecule has 1 atom stereocenters. The number of ether oxygens (including phenoxy) is 1. The van der Waals surface area contributed by atoms with E-state index in [4.69, 9.17) is 4.74 Å². The molecule has 3 rings (SSSR count). The molecule has 2 aromatic rings. The molecule has 1 aromatic heterocycles. The van der Waals surface area contributed by atoms with Gasteiger partial charge in [0.1, 0.15) is 5.82 Å². The molecular weight excluding hydrogens is 373 g/mol. The molecule has 1 unspecified atom stereocenters. The standard InChI is InChI=1S/C22H26FN3O3/c1-29-14-13-26(16-20-6-2-3-11-24-20)22(28)18-5-4-12-25(15-18)21(27)17-7-9-19(23)10-8-17/h2-3,6-11,18H,4-5,12-16H2,1H3. The van der Waals surface area contributed by atoms with E-state index in [9.17, 15) is 14.0 Å². The predicted molar refractivity (Wildman–Crippen MR) is 107 cm³/mol. The van der Waals surface area contributed by atoms with E-state index in [0.717, 1.165) is 18.5 Å². The number of benzene rings is 1. The van der Waals surface area contributed by atoms with Gasteiger partial charge in [0.25, 0.3) is 5.91 Å². The lowest BCUT2D eigenvalue weighted by molar-refractivity contribution is -0.138. The van der Waals surface area contributed by atoms with Crippen molar-refractivity contribution in [1.82, 2.24) is 14.8 Å². The van der Waals surface area contributed by atoms with E-state index in [1.165, 1.54) is 24.3 Å². The third-order valence-corrected chi connectivity index (χ3v) is 5.11. The molecule has 0 radical (unpaired) electrons. The van der Waals surface area contributed by atoms with Crippen LogP contribution in [0.2, 0.25) is 0 Å². The van der Waals surface area contributed by atoms with Gasteiger partial charge in [-0.05, 0) is 49.2 Å². The molecule has 0 aliphatic carbocycles. The van der Waals surface area contributed by atoms with Crippen molar-refractivity contribution in [2.24, 2.45) is 5.92 Å². The SMILES string of the molecule is COCCN(Cc1ccccn1)C(=O)C1CCCN(C(=O)c2ccc(F)cc2)C1. The summed E-state index contributed by atoms with van der Waals surface area (Å²) in [7, 11) is 1.60. The summed E-state index contributed by atoms with van der Waals surface area (Å²) >= 11 is 0. The minimum Gasteiger partial charge on any atom is -0.383 e. The Morgan fingerprint density at radius 1 is 1.24 bits per heavy atom. The first kappa shape index (κ1) is 20.9. The Bertz CT molecular complexity index is 814. The Morgan fingerprint density at radius 2 is 2.03 bits per heavy atom. The lowest BCUT2D eigenvalue weighted by Crippen LogP contribution is -2.47. The predicted octanol–water partition coefficient (Wildman–Crippen LogP) is 2.75. The molecule has 0 bridgehead atoms. The van der Waals surface area contributed by atoms with Gasteiger partial charge >= 0.3 is 0 Å². The van der Waals surface area contributed by atoms with Crippen molar-refractivity contribution in [2.75, 3.05) is 33.4 Å². The second-order valence-electron chi connectivity index (χ2n) is 7.17. The summed E-state index contributed by atoms with van der Waals surface area (Å²) in [6, 6.07) is 11.1. The van der Waals surface area contributed by atoms with Crippen molar-refractivity contribution >= 4 is 11.8 Å². The van der Waals surface area contributed by atoms with Gasteiger partial charge in [-0.3, -0.25) is 14.6 Å². The number of methoxy groups -OCH3 is 1. The van der Waals surface area contributed by atoms with Gasteiger partial charge in [-0.2, -0.15) is 0 Å². The highest BCUT2D eigenvalue weighted by Crippen LogP contribution is 2.22. The van der Waals surface area contributed by atoms with Crippen molar-refractivity contribution in [1.29, 1.82) is 0 Å². The molecule has 29 heavy (non-hydrogen) atoms. The summed E-state index contributed by atoms with van der Waals surface area (Å²) in [4.78, 5) is 33.7. The lowest BCUT2D eigenvalue weighted by atomic mass is 9.95. The second-order valence-corrected chi connectivity index (χ2v) is 7.17. The third kappa shape index (κ3) is 5.60. The van der Waals surface area contributed by atoms with Gasteiger partial charge in [0.05, 0.1) is 24.8 Å². The molecule has 0 N–H and O–H groups in total. The molecule has 154 valence electrons. The van der Waals surface area contributed by atoms with E-state index >= 15 is 0 Å². The zero-order chi connectivity index (χ0) is 20.6. The minimum absolute atomic E-state index is 0.00399. The Hall–Kier alpha value is -2.80. The Labute approximate surface area is 170 Å². The van der Waals surface area contributed by atoms with Gasteiger partial charge in [-0.15, -0.1) is 0 Å². The second kappa shape index (κ2) is 10.1. The Balaban J connectivity index is 1.68. The number of halogens is 1. The number of carbonyl (C=O) groups excluding carboxylic acids is 2. The molecule has 1 aromatic carbocycles. The molecule has 6 nitrogen and oxygen atoms in total. The molecule has 2 amide bonds. The molecule has 1 aliphatic rings. The van der Waals surface area contributed by atoms with Crippen LogP contribution in [0.25, 0.3) is 0 Å². The summed E-state index contributed by atoms with van der Waals surface area (Å²) in [6.07, 6.45) is 3.20. The van der Waals surface area contributed by atoms with E-state index < -0.39 is 0 Å². The lowest BCUT2D eigenvalue weighted by Gasteiger charge is -2.35. The van der Waals surface area contributed by atoms with Crippen LogP contribution in [0.4, 0.5) is 4.39 Å². The van der Waals surface area contributed by atoms with E-state index in [0.29, 0.717) is 38.3 Å². The van der Waals surface area contributed by atoms with Crippen LogP contribution in [0.15, 0.2) is 48.7 Å². The van der Waals surface area contributed by atoms with E-state index in [2.05, 4.69) is 4.98 Å². The van der Waals surface area contributed by atoms with Crippen LogP contribution in [0.3, 0.4) is 0 Å². The highest BCUT2D eigenvalue weighted by molar-refractivity contribution is 5.94. The molecule has 0 spiro atoms. The third-order valence-electron chi connectivity index (χ3n) is 5.11. The summed E-state index contributed by atoms with van der Waals surface area (Å²) in [6.45, 7) is 2.27. The molecule has 1 fully saturated rings. The number of carbonyl (C=O) groups is 2. The van der Waals surface area contributed by atoms with E-state index in [1.54, 1.807) is 23.1 Å². The quantitative estimate of drug-likeness (QED) is 0.718. The Kier molecular flexibility index (Phi) is 7.30. The number of amides is 2. The Morgan fingerprint density at radius 3 is 2.72 bits per heavy atom. The smallest absolute Gasteiger partial charge is 0.253 e. The van der Waals surface area contributed by atoms with Crippen LogP contribution in [0.1, 0.15) is 28.9 Å². The molecular formula is C22H26FN3O3. The normalized spacial score (nSPS) is 16.5. The summed E-state index contributed by atoms with van der Waals surface area (Å²) in [5.41, 5.74) is 1.25. The highest BCUT2D eigenvalue weighted by atomic mass is 19.1. The number of aromatic nitrogens is 1. The highest BCUT2D eigenvalue weighted by Gasteiger charge is 2.31. The van der Waals surface area contributed by atoms with Gasteiger partial charge in [-0.1, -0.05) is 6.07 Å². The molecule has 0 saturated carbocycles. The van der Waals surface area contributed by atoms with E-state index in [1.807, 2.05) is 18.2 Å². The van der Waals surface area contributed by atoms with Gasteiger partial charge < -0.3 is 14.5 Å². The average molecular weight is 399 g/mol. The number of rotatable bonds is 7. The largest absolute Gasteiger partial charge is 0.383 e. The zero-order valence-electron chi connectivity index (χ0n) is 16.6. The maximum absolute atomic E-state index is 13.2. The fourth-order valence-electron chi connectivity index (χ4n) is 3.55. The topological polar surface area (TPSA) is 62.7 Å². The monoisotopic (exact) mass is 399 g/mol. The first-order chi connectivity index (χ1) is 14.1. The van der Waals surface area contributed by atoms with Crippen molar-refractivity contribution < 1.29 is 18.7 Å². The molecule has 7 heteroatoms.